The molecule has 0 saturated heterocycles. The zero-order valence-corrected chi connectivity index (χ0v) is 19.1. The van der Waals surface area contributed by atoms with E-state index in [0.29, 0.717) is 29.6 Å². The smallest absolute Gasteiger partial charge is 0.166 e. The molecule has 4 heterocycles. The predicted molar refractivity (Wildman–Crippen MR) is 123 cm³/mol. The van der Waals surface area contributed by atoms with Crippen molar-refractivity contribution in [1.29, 1.82) is 0 Å². The summed E-state index contributed by atoms with van der Waals surface area (Å²) in [5, 5.41) is 9.32. The molecule has 1 unspecified atom stereocenters. The van der Waals surface area contributed by atoms with Gasteiger partial charge in [0.1, 0.15) is 18.2 Å². The first-order valence-corrected chi connectivity index (χ1v) is 11.0. The number of rotatable bonds is 2. The summed E-state index contributed by atoms with van der Waals surface area (Å²) in [5.41, 5.74) is 11.3. The van der Waals surface area contributed by atoms with E-state index in [-0.39, 0.29) is 11.6 Å². The Balaban J connectivity index is 1.80. The van der Waals surface area contributed by atoms with Crippen LogP contribution in [0, 0.1) is 18.7 Å². The molecular weight excluding hydrogens is 421 g/mol. The quantitative estimate of drug-likeness (QED) is 0.490. The van der Waals surface area contributed by atoms with Gasteiger partial charge in [-0.2, -0.15) is 10.2 Å². The fourth-order valence-corrected chi connectivity index (χ4v) is 4.35. The minimum Gasteiger partial charge on any atom is -0.482 e. The number of hydrogen-bond donors (Lipinski definition) is 1. The first-order valence-electron chi connectivity index (χ1n) is 11.0. The minimum atomic E-state index is -0.499. The summed E-state index contributed by atoms with van der Waals surface area (Å²) < 4.78 is 24.3. The van der Waals surface area contributed by atoms with E-state index in [1.807, 2.05) is 29.3 Å². The average molecular weight is 448 g/mol. The first-order chi connectivity index (χ1) is 15.8. The number of benzene rings is 1. The van der Waals surface area contributed by atoms with Gasteiger partial charge in [0.15, 0.2) is 17.4 Å². The number of aryl methyl sites for hydroxylation is 1. The van der Waals surface area contributed by atoms with Gasteiger partial charge in [0.05, 0.1) is 17.9 Å². The van der Waals surface area contributed by atoms with Crippen LogP contribution in [0.3, 0.4) is 0 Å². The second-order valence-corrected chi connectivity index (χ2v) is 8.83. The van der Waals surface area contributed by atoms with Gasteiger partial charge in [-0.25, -0.2) is 19.0 Å². The summed E-state index contributed by atoms with van der Waals surface area (Å²) in [4.78, 5) is 8.91. The maximum Gasteiger partial charge on any atom is 0.166 e. The predicted octanol–water partition coefficient (Wildman–Crippen LogP) is 4.39. The maximum atomic E-state index is 14.2. The van der Waals surface area contributed by atoms with Crippen LogP contribution in [0.15, 0.2) is 36.8 Å². The highest BCUT2D eigenvalue weighted by Crippen LogP contribution is 2.37. The number of nitrogens with zero attached hydrogens (tertiary/aromatic N) is 6. The molecular formula is C24H26FN7O. The van der Waals surface area contributed by atoms with Crippen LogP contribution in [0.1, 0.15) is 43.7 Å². The Hall–Kier alpha value is -3.75. The third kappa shape index (κ3) is 3.73. The zero-order chi connectivity index (χ0) is 23.3. The van der Waals surface area contributed by atoms with Gasteiger partial charge in [-0.05, 0) is 44.0 Å². The van der Waals surface area contributed by atoms with Gasteiger partial charge < -0.3 is 10.5 Å². The number of hydrogen-bond acceptors (Lipinski definition) is 6. The molecule has 1 aliphatic heterocycles. The largest absolute Gasteiger partial charge is 0.482 e. The molecule has 4 aromatic rings. The van der Waals surface area contributed by atoms with Crippen molar-refractivity contribution in [3.8, 4) is 28.4 Å². The number of nitrogen functional groups attached to an aromatic ring is 1. The molecule has 0 spiro atoms. The van der Waals surface area contributed by atoms with Crippen LogP contribution in [0.4, 0.5) is 10.2 Å². The van der Waals surface area contributed by atoms with Gasteiger partial charge in [-0.1, -0.05) is 13.8 Å². The first kappa shape index (κ1) is 21.1. The highest BCUT2D eigenvalue weighted by Gasteiger charge is 2.25. The minimum absolute atomic E-state index is 0.275. The van der Waals surface area contributed by atoms with Crippen molar-refractivity contribution >= 4 is 5.82 Å². The molecule has 1 aliphatic rings. The highest BCUT2D eigenvalue weighted by molar-refractivity contribution is 5.69. The normalized spacial score (nSPS) is 15.2. The van der Waals surface area contributed by atoms with E-state index in [9.17, 15) is 4.39 Å². The van der Waals surface area contributed by atoms with Crippen molar-refractivity contribution < 1.29 is 9.13 Å². The fourth-order valence-electron chi connectivity index (χ4n) is 4.35. The molecule has 170 valence electrons. The summed E-state index contributed by atoms with van der Waals surface area (Å²) in [6.07, 6.45) is 2.76. The van der Waals surface area contributed by atoms with Crippen LogP contribution in [-0.2, 0) is 13.1 Å². The van der Waals surface area contributed by atoms with Crippen LogP contribution in [0.5, 0.6) is 5.75 Å². The molecule has 1 aromatic carbocycles. The number of fused-ring (bicyclic) bond motifs is 7. The number of pyridine rings is 1. The molecule has 33 heavy (non-hydrogen) atoms. The van der Waals surface area contributed by atoms with Gasteiger partial charge in [0.25, 0.3) is 0 Å². The van der Waals surface area contributed by atoms with E-state index < -0.39 is 6.10 Å². The Morgan fingerprint density at radius 1 is 1.24 bits per heavy atom. The molecule has 0 radical (unpaired) electrons. The van der Waals surface area contributed by atoms with Crippen molar-refractivity contribution in [2.45, 2.75) is 46.9 Å². The monoisotopic (exact) mass is 447 g/mol. The molecule has 1 atom stereocenters. The summed E-state index contributed by atoms with van der Waals surface area (Å²) >= 11 is 0. The molecule has 3 aromatic heterocycles. The summed E-state index contributed by atoms with van der Waals surface area (Å²) in [5.74, 6) is 1.40. The molecule has 5 rings (SSSR count). The number of anilines is 1. The standard InChI is InChI=1S/C24H26FN7O/c1-13(2)10-31-22-16-7-21(23(26)27-9-16)33-15(4)19-8-17(25)5-6-18(19)24-28-12-29-32(24)11-20(22)14(3)30-31/h5-9,12-13,15H,10-11H2,1-4H3,(H2,26,27). The Bertz CT molecular complexity index is 1340. The van der Waals surface area contributed by atoms with Gasteiger partial charge >= 0.3 is 0 Å². The lowest BCUT2D eigenvalue weighted by Gasteiger charge is -2.21. The number of nitrogens with two attached hydrogens (primary N) is 1. The second-order valence-electron chi connectivity index (χ2n) is 8.83. The topological polar surface area (TPSA) is 96.7 Å². The number of halogens is 1. The maximum absolute atomic E-state index is 14.2. The van der Waals surface area contributed by atoms with E-state index in [1.165, 1.54) is 18.5 Å². The average Bonchev–Trinajstić information content (AvgIpc) is 3.33. The van der Waals surface area contributed by atoms with E-state index in [4.69, 9.17) is 15.6 Å². The van der Waals surface area contributed by atoms with Gasteiger partial charge in [0, 0.05) is 35.0 Å². The lowest BCUT2D eigenvalue weighted by atomic mass is 10.0. The van der Waals surface area contributed by atoms with E-state index in [0.717, 1.165) is 34.6 Å². The Morgan fingerprint density at radius 3 is 2.85 bits per heavy atom. The fraction of sp³-hybridized carbons (Fsp3) is 0.333. The third-order valence-electron chi connectivity index (χ3n) is 5.86. The van der Waals surface area contributed by atoms with Crippen LogP contribution >= 0.6 is 0 Å². The van der Waals surface area contributed by atoms with Gasteiger partial charge in [-0.3, -0.25) is 4.68 Å². The van der Waals surface area contributed by atoms with Crippen LogP contribution in [-0.4, -0.2) is 29.5 Å². The zero-order valence-electron chi connectivity index (χ0n) is 19.1. The van der Waals surface area contributed by atoms with Gasteiger partial charge in [0.2, 0.25) is 0 Å². The van der Waals surface area contributed by atoms with Crippen LogP contribution in [0.25, 0.3) is 22.6 Å². The van der Waals surface area contributed by atoms with Crippen molar-refractivity contribution in [2.75, 3.05) is 5.73 Å². The van der Waals surface area contributed by atoms with E-state index in [1.54, 1.807) is 12.3 Å². The molecule has 2 bridgehead atoms. The van der Waals surface area contributed by atoms with E-state index in [2.05, 4.69) is 28.9 Å². The van der Waals surface area contributed by atoms with Crippen molar-refractivity contribution in [2.24, 2.45) is 5.92 Å². The van der Waals surface area contributed by atoms with Crippen molar-refractivity contribution in [3.63, 3.8) is 0 Å². The van der Waals surface area contributed by atoms with Crippen molar-refractivity contribution in [1.82, 2.24) is 29.5 Å². The van der Waals surface area contributed by atoms with Crippen LogP contribution in [0.2, 0.25) is 0 Å². The molecule has 8 nitrogen and oxygen atoms in total. The van der Waals surface area contributed by atoms with Gasteiger partial charge in [-0.15, -0.1) is 0 Å². The summed E-state index contributed by atoms with van der Waals surface area (Å²) in [7, 11) is 0. The number of aromatic nitrogens is 6. The second kappa shape index (κ2) is 7.99. The Labute approximate surface area is 191 Å². The molecule has 0 amide bonds. The lowest BCUT2D eigenvalue weighted by molar-refractivity contribution is 0.227. The molecule has 0 fully saturated rings. The van der Waals surface area contributed by atoms with Crippen LogP contribution < -0.4 is 10.5 Å². The molecule has 9 heteroatoms. The lowest BCUT2D eigenvalue weighted by Crippen LogP contribution is -2.13. The SMILES string of the molecule is Cc1nn(CC(C)C)c2c1Cn1ncnc1-c1ccc(F)cc1C(C)Oc1cc-2cnc1N. The Kier molecular flexibility index (Phi) is 5.11. The molecule has 0 aliphatic carbocycles. The highest BCUT2D eigenvalue weighted by atomic mass is 19.1. The Morgan fingerprint density at radius 2 is 2.06 bits per heavy atom. The third-order valence-corrected chi connectivity index (χ3v) is 5.86. The molecule has 2 N–H and O–H groups in total. The van der Waals surface area contributed by atoms with E-state index >= 15 is 0 Å². The number of ether oxygens (including phenoxy) is 1. The summed E-state index contributed by atoms with van der Waals surface area (Å²) in [6, 6.07) is 6.49. The van der Waals surface area contributed by atoms with Crippen molar-refractivity contribution in [3.05, 3.63) is 59.4 Å². The summed E-state index contributed by atoms with van der Waals surface area (Å²) in [6.45, 7) is 9.37. The molecule has 0 saturated carbocycles.